The molecule has 1 aromatic carbocycles. The van der Waals surface area contributed by atoms with Gasteiger partial charge in [-0.25, -0.2) is 0 Å². The standard InChI is InChI=1S/C17H21NO/c1-12-6-5-8-15(19)16(12)17-9-4-3-7-14(17)13(2)18-11-10-17/h3-8,13,18-19H,9-11H2,1-2H3. The van der Waals surface area contributed by atoms with Crippen LogP contribution in [0.4, 0.5) is 0 Å². The van der Waals surface area contributed by atoms with E-state index in [2.05, 4.69) is 43.5 Å². The highest BCUT2D eigenvalue weighted by Crippen LogP contribution is 2.48. The zero-order chi connectivity index (χ0) is 13.5. The minimum absolute atomic E-state index is 0.0190. The van der Waals surface area contributed by atoms with Crippen molar-refractivity contribution in [3.05, 3.63) is 53.1 Å². The van der Waals surface area contributed by atoms with Crippen LogP contribution in [0.5, 0.6) is 5.75 Å². The highest BCUT2D eigenvalue weighted by Gasteiger charge is 2.43. The van der Waals surface area contributed by atoms with Crippen molar-refractivity contribution < 1.29 is 5.11 Å². The number of hydrogen-bond donors (Lipinski definition) is 2. The van der Waals surface area contributed by atoms with Crippen LogP contribution in [0, 0.1) is 6.92 Å². The third kappa shape index (κ3) is 1.82. The molecule has 0 radical (unpaired) electrons. The van der Waals surface area contributed by atoms with Crippen LogP contribution >= 0.6 is 0 Å². The Morgan fingerprint density at radius 2 is 2.21 bits per heavy atom. The lowest BCUT2D eigenvalue weighted by molar-refractivity contribution is 0.339. The lowest BCUT2D eigenvalue weighted by Gasteiger charge is -2.45. The summed E-state index contributed by atoms with van der Waals surface area (Å²) in [5.74, 6) is 0.440. The highest BCUT2D eigenvalue weighted by atomic mass is 16.3. The topological polar surface area (TPSA) is 32.3 Å². The van der Waals surface area contributed by atoms with Crippen molar-refractivity contribution in [3.8, 4) is 5.75 Å². The summed E-state index contributed by atoms with van der Waals surface area (Å²) in [4.78, 5) is 0. The average Bonchev–Trinajstić information content (AvgIpc) is 2.39. The van der Waals surface area contributed by atoms with E-state index < -0.39 is 0 Å². The molecule has 1 aromatic rings. The third-order valence-corrected chi connectivity index (χ3v) is 4.63. The number of hydrogen-bond acceptors (Lipinski definition) is 2. The quantitative estimate of drug-likeness (QED) is 0.807. The zero-order valence-corrected chi connectivity index (χ0v) is 11.6. The van der Waals surface area contributed by atoms with E-state index in [0.717, 1.165) is 24.9 Å². The summed E-state index contributed by atoms with van der Waals surface area (Å²) in [5.41, 5.74) is 3.70. The van der Waals surface area contributed by atoms with E-state index in [-0.39, 0.29) is 5.41 Å². The van der Waals surface area contributed by atoms with Crippen LogP contribution in [0.1, 0.15) is 30.9 Å². The minimum Gasteiger partial charge on any atom is -0.508 e. The van der Waals surface area contributed by atoms with Crippen LogP contribution in [0.2, 0.25) is 0 Å². The molecule has 2 N–H and O–H groups in total. The number of aromatic hydroxyl groups is 1. The van der Waals surface area contributed by atoms with Gasteiger partial charge in [0.2, 0.25) is 0 Å². The fourth-order valence-corrected chi connectivity index (χ4v) is 3.78. The molecule has 1 aliphatic heterocycles. The van der Waals surface area contributed by atoms with Gasteiger partial charge in [0.25, 0.3) is 0 Å². The molecule has 0 saturated carbocycles. The van der Waals surface area contributed by atoms with Crippen molar-refractivity contribution in [2.75, 3.05) is 6.54 Å². The van der Waals surface area contributed by atoms with Crippen molar-refractivity contribution in [1.29, 1.82) is 0 Å². The van der Waals surface area contributed by atoms with E-state index in [4.69, 9.17) is 0 Å². The predicted molar refractivity (Wildman–Crippen MR) is 78.4 cm³/mol. The number of nitrogens with one attached hydrogen (secondary N) is 1. The molecule has 0 bridgehead atoms. The Labute approximate surface area is 114 Å². The number of phenols is 1. The zero-order valence-electron chi connectivity index (χ0n) is 11.6. The Balaban J connectivity index is 2.20. The molecule has 1 fully saturated rings. The van der Waals surface area contributed by atoms with Crippen molar-refractivity contribution in [1.82, 2.24) is 5.32 Å². The van der Waals surface area contributed by atoms with Gasteiger partial charge in [-0.1, -0.05) is 30.4 Å². The van der Waals surface area contributed by atoms with Crippen molar-refractivity contribution in [3.63, 3.8) is 0 Å². The number of fused-ring (bicyclic) bond motifs is 1. The summed E-state index contributed by atoms with van der Waals surface area (Å²) in [6.45, 7) is 5.32. The maximum Gasteiger partial charge on any atom is 0.119 e. The molecular weight excluding hydrogens is 234 g/mol. The van der Waals surface area contributed by atoms with Crippen molar-refractivity contribution >= 4 is 0 Å². The van der Waals surface area contributed by atoms with Gasteiger partial charge in [-0.15, -0.1) is 0 Å². The number of piperidine rings is 1. The molecule has 2 heteroatoms. The average molecular weight is 255 g/mol. The molecule has 19 heavy (non-hydrogen) atoms. The van der Waals surface area contributed by atoms with Crippen LogP contribution in [-0.4, -0.2) is 17.7 Å². The molecule has 2 aliphatic rings. The minimum atomic E-state index is -0.0190. The monoisotopic (exact) mass is 255 g/mol. The maximum absolute atomic E-state index is 10.4. The van der Waals surface area contributed by atoms with Gasteiger partial charge >= 0.3 is 0 Å². The second kappa shape index (κ2) is 4.53. The van der Waals surface area contributed by atoms with Gasteiger partial charge in [0.1, 0.15) is 5.75 Å². The van der Waals surface area contributed by atoms with Gasteiger partial charge < -0.3 is 10.4 Å². The fourth-order valence-electron chi connectivity index (χ4n) is 3.78. The van der Waals surface area contributed by atoms with E-state index in [1.807, 2.05) is 12.1 Å². The molecular formula is C17H21NO. The molecule has 0 spiro atoms. The van der Waals surface area contributed by atoms with Crippen LogP contribution in [0.15, 0.2) is 42.0 Å². The summed E-state index contributed by atoms with van der Waals surface area (Å²) in [6, 6.07) is 6.22. The summed E-state index contributed by atoms with van der Waals surface area (Å²) < 4.78 is 0. The van der Waals surface area contributed by atoms with Crippen molar-refractivity contribution in [2.24, 2.45) is 0 Å². The number of benzene rings is 1. The first-order chi connectivity index (χ1) is 9.15. The number of phenolic OH excluding ortho intramolecular Hbond substituents is 1. The fraction of sp³-hybridized carbons (Fsp3) is 0.412. The molecule has 100 valence electrons. The van der Waals surface area contributed by atoms with Crippen LogP contribution < -0.4 is 5.32 Å². The molecule has 1 saturated heterocycles. The maximum atomic E-state index is 10.4. The first kappa shape index (κ1) is 12.5. The van der Waals surface area contributed by atoms with E-state index in [0.29, 0.717) is 11.8 Å². The Bertz CT molecular complexity index is 538. The number of rotatable bonds is 1. The largest absolute Gasteiger partial charge is 0.508 e. The van der Waals surface area contributed by atoms with Crippen LogP contribution in [-0.2, 0) is 5.41 Å². The summed E-state index contributed by atoms with van der Waals surface area (Å²) in [7, 11) is 0. The van der Waals surface area contributed by atoms with Gasteiger partial charge in [0.05, 0.1) is 0 Å². The summed E-state index contributed by atoms with van der Waals surface area (Å²) >= 11 is 0. The Hall–Kier alpha value is -1.54. The Morgan fingerprint density at radius 1 is 1.37 bits per heavy atom. The van der Waals surface area contributed by atoms with Crippen LogP contribution in [0.3, 0.4) is 0 Å². The first-order valence-electron chi connectivity index (χ1n) is 7.05. The molecule has 2 nitrogen and oxygen atoms in total. The van der Waals surface area contributed by atoms with Crippen molar-refractivity contribution in [2.45, 2.75) is 38.1 Å². The molecule has 3 rings (SSSR count). The summed E-state index contributed by atoms with van der Waals surface area (Å²) in [5, 5.41) is 13.9. The molecule has 0 aromatic heterocycles. The highest BCUT2D eigenvalue weighted by molar-refractivity contribution is 5.53. The molecule has 1 heterocycles. The van der Waals surface area contributed by atoms with E-state index in [1.165, 1.54) is 11.1 Å². The van der Waals surface area contributed by atoms with E-state index >= 15 is 0 Å². The second-order valence-corrected chi connectivity index (χ2v) is 5.73. The lowest BCUT2D eigenvalue weighted by Crippen LogP contribution is -2.48. The number of allylic oxidation sites excluding steroid dienone is 3. The normalized spacial score (nSPS) is 29.8. The first-order valence-corrected chi connectivity index (χ1v) is 7.05. The lowest BCUT2D eigenvalue weighted by atomic mass is 9.63. The van der Waals surface area contributed by atoms with Crippen LogP contribution in [0.25, 0.3) is 0 Å². The van der Waals surface area contributed by atoms with E-state index in [1.54, 1.807) is 0 Å². The van der Waals surface area contributed by atoms with Gasteiger partial charge in [0.15, 0.2) is 0 Å². The summed E-state index contributed by atoms with van der Waals surface area (Å²) in [6.07, 6.45) is 8.64. The molecule has 0 amide bonds. The predicted octanol–water partition coefficient (Wildman–Crippen LogP) is 3.21. The number of aryl methyl sites for hydroxylation is 1. The molecule has 2 atom stereocenters. The molecule has 2 unspecified atom stereocenters. The Morgan fingerprint density at radius 3 is 3.00 bits per heavy atom. The smallest absolute Gasteiger partial charge is 0.119 e. The third-order valence-electron chi connectivity index (χ3n) is 4.63. The van der Waals surface area contributed by atoms with Gasteiger partial charge in [-0.3, -0.25) is 0 Å². The molecule has 1 aliphatic carbocycles. The SMILES string of the molecule is Cc1cccc(O)c1C12CC=CC=C1C(C)NCC2. The van der Waals surface area contributed by atoms with Gasteiger partial charge in [0, 0.05) is 17.0 Å². The second-order valence-electron chi connectivity index (χ2n) is 5.73. The van der Waals surface area contributed by atoms with E-state index in [9.17, 15) is 5.11 Å². The Kier molecular flexibility index (Phi) is 2.98. The van der Waals surface area contributed by atoms with Gasteiger partial charge in [-0.05, 0) is 50.4 Å². The van der Waals surface area contributed by atoms with Gasteiger partial charge in [-0.2, -0.15) is 0 Å².